The van der Waals surface area contributed by atoms with Crippen molar-refractivity contribution in [1.29, 1.82) is 0 Å². The number of anilines is 1. The van der Waals surface area contributed by atoms with Crippen molar-refractivity contribution in [2.75, 3.05) is 45.4 Å². The number of hydrogen-bond donors (Lipinski definition) is 0. The first-order valence-corrected chi connectivity index (χ1v) is 7.18. The smallest absolute Gasteiger partial charge is 0.140 e. The van der Waals surface area contributed by atoms with E-state index in [4.69, 9.17) is 9.47 Å². The number of aromatic nitrogens is 2. The summed E-state index contributed by atoms with van der Waals surface area (Å²) in [7, 11) is 3.40. The van der Waals surface area contributed by atoms with Crippen molar-refractivity contribution in [2.45, 2.75) is 0 Å². The minimum absolute atomic E-state index is 0.642. The second kappa shape index (κ2) is 7.52. The number of halogens is 1. The van der Waals surface area contributed by atoms with Crippen LogP contribution in [0, 0.1) is 0 Å². The third-order valence-electron chi connectivity index (χ3n) is 3.01. The molecule has 0 amide bonds. The van der Waals surface area contributed by atoms with Gasteiger partial charge in [-0.3, -0.25) is 0 Å². The van der Waals surface area contributed by atoms with Gasteiger partial charge in [0.15, 0.2) is 0 Å². The molecule has 0 spiro atoms. The van der Waals surface area contributed by atoms with Crippen molar-refractivity contribution < 1.29 is 9.47 Å². The van der Waals surface area contributed by atoms with Crippen LogP contribution in [-0.2, 0) is 9.47 Å². The van der Waals surface area contributed by atoms with Crippen LogP contribution in [0.3, 0.4) is 0 Å². The molecule has 20 heavy (non-hydrogen) atoms. The maximum Gasteiger partial charge on any atom is 0.140 e. The van der Waals surface area contributed by atoms with Crippen LogP contribution < -0.4 is 4.90 Å². The average molecular weight is 340 g/mol. The number of ether oxygens (including phenoxy) is 2. The van der Waals surface area contributed by atoms with E-state index in [1.165, 1.54) is 0 Å². The molecule has 1 aromatic heterocycles. The molecule has 0 atom stereocenters. The molecule has 5 nitrogen and oxygen atoms in total. The van der Waals surface area contributed by atoms with Gasteiger partial charge in [0.25, 0.3) is 0 Å². The summed E-state index contributed by atoms with van der Waals surface area (Å²) >= 11 is 3.50. The molecule has 0 N–H and O–H groups in total. The van der Waals surface area contributed by atoms with Crippen LogP contribution in [0.25, 0.3) is 10.9 Å². The van der Waals surface area contributed by atoms with E-state index in [1.807, 2.05) is 18.2 Å². The topological polar surface area (TPSA) is 47.5 Å². The van der Waals surface area contributed by atoms with E-state index in [-0.39, 0.29) is 0 Å². The quantitative estimate of drug-likeness (QED) is 0.775. The number of hydrogen-bond acceptors (Lipinski definition) is 5. The largest absolute Gasteiger partial charge is 0.383 e. The summed E-state index contributed by atoms with van der Waals surface area (Å²) in [6, 6.07) is 6.00. The first-order valence-electron chi connectivity index (χ1n) is 6.39. The third kappa shape index (κ3) is 3.65. The molecule has 1 aromatic carbocycles. The van der Waals surface area contributed by atoms with Gasteiger partial charge in [0, 0.05) is 37.2 Å². The summed E-state index contributed by atoms with van der Waals surface area (Å²) < 4.78 is 11.4. The second-order valence-corrected chi connectivity index (χ2v) is 5.25. The van der Waals surface area contributed by atoms with Gasteiger partial charge >= 0.3 is 0 Å². The number of benzene rings is 1. The second-order valence-electron chi connectivity index (χ2n) is 4.33. The molecular weight excluding hydrogens is 322 g/mol. The molecule has 2 aromatic rings. The van der Waals surface area contributed by atoms with Crippen molar-refractivity contribution in [3.05, 3.63) is 29.0 Å². The zero-order chi connectivity index (χ0) is 14.4. The van der Waals surface area contributed by atoms with Gasteiger partial charge in [0.2, 0.25) is 0 Å². The fourth-order valence-electron chi connectivity index (χ4n) is 1.99. The molecule has 6 heteroatoms. The molecule has 0 fully saturated rings. The van der Waals surface area contributed by atoms with Crippen molar-refractivity contribution in [3.63, 3.8) is 0 Å². The number of rotatable bonds is 7. The lowest BCUT2D eigenvalue weighted by molar-refractivity contribution is 0.190. The minimum Gasteiger partial charge on any atom is -0.383 e. The molecular formula is C14H18BrN3O2. The number of methoxy groups -OCH3 is 2. The predicted molar refractivity (Wildman–Crippen MR) is 83.2 cm³/mol. The number of nitrogens with zero attached hydrogens (tertiary/aromatic N) is 3. The van der Waals surface area contributed by atoms with Crippen molar-refractivity contribution in [1.82, 2.24) is 9.97 Å². The zero-order valence-corrected chi connectivity index (χ0v) is 13.3. The molecule has 0 aliphatic rings. The van der Waals surface area contributed by atoms with Gasteiger partial charge in [-0.05, 0) is 18.2 Å². The van der Waals surface area contributed by atoms with Crippen LogP contribution in [0.5, 0.6) is 0 Å². The van der Waals surface area contributed by atoms with E-state index in [1.54, 1.807) is 20.5 Å². The predicted octanol–water partition coefficient (Wildman–Crippen LogP) is 2.49. The minimum atomic E-state index is 0.642. The Kier molecular flexibility index (Phi) is 5.70. The van der Waals surface area contributed by atoms with Gasteiger partial charge in [0.05, 0.1) is 18.7 Å². The van der Waals surface area contributed by atoms with E-state index in [2.05, 4.69) is 30.8 Å². The van der Waals surface area contributed by atoms with Crippen LogP contribution in [0.4, 0.5) is 5.82 Å². The van der Waals surface area contributed by atoms with E-state index in [9.17, 15) is 0 Å². The average Bonchev–Trinajstić information content (AvgIpc) is 2.47. The highest BCUT2D eigenvalue weighted by molar-refractivity contribution is 9.10. The Labute approximate surface area is 127 Å². The Bertz CT molecular complexity index is 557. The summed E-state index contributed by atoms with van der Waals surface area (Å²) in [5.41, 5.74) is 0.929. The summed E-state index contributed by atoms with van der Waals surface area (Å²) in [4.78, 5) is 10.9. The Morgan fingerprint density at radius 3 is 2.45 bits per heavy atom. The number of fused-ring (bicyclic) bond motifs is 1. The highest BCUT2D eigenvalue weighted by Crippen LogP contribution is 2.25. The van der Waals surface area contributed by atoms with Crippen LogP contribution >= 0.6 is 15.9 Å². The lowest BCUT2D eigenvalue weighted by Gasteiger charge is -2.24. The summed E-state index contributed by atoms with van der Waals surface area (Å²) in [6.07, 6.45) is 1.60. The lowest BCUT2D eigenvalue weighted by atomic mass is 10.2. The van der Waals surface area contributed by atoms with Gasteiger partial charge in [-0.1, -0.05) is 15.9 Å². The standard InChI is InChI=1S/C14H18BrN3O2/c1-19-7-5-18(6-8-20-2)14-12-9-11(15)3-4-13(12)16-10-17-14/h3-4,9-10H,5-8H2,1-2H3. The molecule has 0 bridgehead atoms. The fraction of sp³-hybridized carbons (Fsp3) is 0.429. The Morgan fingerprint density at radius 1 is 1.10 bits per heavy atom. The molecule has 108 valence electrons. The molecule has 0 unspecified atom stereocenters. The molecule has 0 saturated carbocycles. The maximum absolute atomic E-state index is 5.17. The fourth-order valence-corrected chi connectivity index (χ4v) is 2.35. The van der Waals surface area contributed by atoms with Crippen molar-refractivity contribution in [3.8, 4) is 0 Å². The molecule has 0 radical (unpaired) electrons. The van der Waals surface area contributed by atoms with Gasteiger partial charge in [-0.25, -0.2) is 9.97 Å². The summed E-state index contributed by atoms with van der Waals surface area (Å²) in [6.45, 7) is 2.81. The lowest BCUT2D eigenvalue weighted by Crippen LogP contribution is -2.31. The maximum atomic E-state index is 5.17. The molecule has 0 saturated heterocycles. The van der Waals surface area contributed by atoms with E-state index < -0.39 is 0 Å². The summed E-state index contributed by atoms with van der Waals surface area (Å²) in [5.74, 6) is 0.908. The molecule has 1 heterocycles. The summed E-state index contributed by atoms with van der Waals surface area (Å²) in [5, 5.41) is 1.02. The third-order valence-corrected chi connectivity index (χ3v) is 3.50. The SMILES string of the molecule is COCCN(CCOC)c1ncnc2ccc(Br)cc12. The first-order chi connectivity index (χ1) is 9.76. The van der Waals surface area contributed by atoms with Gasteiger partial charge in [-0.15, -0.1) is 0 Å². The van der Waals surface area contributed by atoms with E-state index in [0.29, 0.717) is 13.2 Å². The molecule has 0 aliphatic carbocycles. The van der Waals surface area contributed by atoms with Crippen LogP contribution in [0.2, 0.25) is 0 Å². The van der Waals surface area contributed by atoms with Crippen molar-refractivity contribution in [2.24, 2.45) is 0 Å². The van der Waals surface area contributed by atoms with Crippen LogP contribution in [-0.4, -0.2) is 50.5 Å². The Morgan fingerprint density at radius 2 is 1.80 bits per heavy atom. The van der Waals surface area contributed by atoms with Gasteiger partial charge in [0.1, 0.15) is 12.1 Å². The molecule has 2 rings (SSSR count). The van der Waals surface area contributed by atoms with Gasteiger partial charge in [-0.2, -0.15) is 0 Å². The van der Waals surface area contributed by atoms with Crippen LogP contribution in [0.1, 0.15) is 0 Å². The Balaban J connectivity index is 2.37. The monoisotopic (exact) mass is 339 g/mol. The highest BCUT2D eigenvalue weighted by Gasteiger charge is 2.12. The first kappa shape index (κ1) is 15.2. The van der Waals surface area contributed by atoms with Gasteiger partial charge < -0.3 is 14.4 Å². The highest BCUT2D eigenvalue weighted by atomic mass is 79.9. The van der Waals surface area contributed by atoms with E-state index in [0.717, 1.165) is 34.3 Å². The molecule has 0 aliphatic heterocycles. The van der Waals surface area contributed by atoms with Crippen LogP contribution in [0.15, 0.2) is 29.0 Å². The van der Waals surface area contributed by atoms with Crippen molar-refractivity contribution >= 4 is 32.7 Å². The zero-order valence-electron chi connectivity index (χ0n) is 11.7. The Hall–Kier alpha value is -1.24. The van der Waals surface area contributed by atoms with E-state index >= 15 is 0 Å². The normalized spacial score (nSPS) is 10.9.